The normalized spacial score (nSPS) is 11.9. The summed E-state index contributed by atoms with van der Waals surface area (Å²) in [6, 6.07) is 77.5. The van der Waals surface area contributed by atoms with Crippen LogP contribution in [0.25, 0.3) is 105 Å². The highest BCUT2D eigenvalue weighted by Gasteiger charge is 2.25. The number of hydrogen-bond acceptors (Lipinski definition) is 0. The van der Waals surface area contributed by atoms with Crippen LogP contribution >= 0.6 is 0 Å². The second-order valence-electron chi connectivity index (χ2n) is 14.9. The maximum absolute atomic E-state index is 2.53. The van der Waals surface area contributed by atoms with E-state index in [9.17, 15) is 0 Å². The van der Waals surface area contributed by atoms with Crippen LogP contribution in [0.4, 0.5) is 0 Å². The van der Waals surface area contributed by atoms with E-state index in [2.05, 4.69) is 226 Å². The monoisotopic (exact) mass is 725 g/mol. The molecule has 57 heavy (non-hydrogen) atoms. The Bertz CT molecular complexity index is 3460. The molecular weight excluding hydrogens is 691 g/mol. The molecule has 3 nitrogen and oxygen atoms in total. The predicted octanol–water partition coefficient (Wildman–Crippen LogP) is 14.3. The summed E-state index contributed by atoms with van der Waals surface area (Å²) in [5, 5.41) is 7.43. The first-order valence-electron chi connectivity index (χ1n) is 19.6. The lowest BCUT2D eigenvalue weighted by Crippen LogP contribution is -2.04. The molecule has 0 spiro atoms. The lowest BCUT2D eigenvalue weighted by Gasteiger charge is -2.22. The molecule has 0 N–H and O–H groups in total. The predicted molar refractivity (Wildman–Crippen MR) is 240 cm³/mol. The van der Waals surface area contributed by atoms with Crippen LogP contribution in [-0.2, 0) is 0 Å². The molecule has 9 aromatic carbocycles. The van der Waals surface area contributed by atoms with E-state index in [0.717, 1.165) is 22.6 Å². The van der Waals surface area contributed by atoms with Gasteiger partial charge in [-0.1, -0.05) is 170 Å². The van der Waals surface area contributed by atoms with Gasteiger partial charge in [0.05, 0.1) is 44.5 Å². The summed E-state index contributed by atoms with van der Waals surface area (Å²) in [5.74, 6) is 0. The van der Waals surface area contributed by atoms with Crippen LogP contribution in [0.5, 0.6) is 0 Å². The molecule has 0 aliphatic rings. The first kappa shape index (κ1) is 31.7. The maximum atomic E-state index is 2.53. The van der Waals surface area contributed by atoms with Crippen molar-refractivity contribution in [2.45, 2.75) is 0 Å². The molecule has 266 valence electrons. The van der Waals surface area contributed by atoms with Gasteiger partial charge in [-0.15, -0.1) is 0 Å². The fourth-order valence-corrected chi connectivity index (χ4v) is 9.51. The Morgan fingerprint density at radius 2 is 0.667 bits per heavy atom. The number of aromatic nitrogens is 3. The summed E-state index contributed by atoms with van der Waals surface area (Å²) in [7, 11) is 0. The molecule has 3 heteroatoms. The van der Waals surface area contributed by atoms with Crippen molar-refractivity contribution in [3.63, 3.8) is 0 Å². The summed E-state index contributed by atoms with van der Waals surface area (Å²) in [5.41, 5.74) is 15.3. The summed E-state index contributed by atoms with van der Waals surface area (Å²) in [4.78, 5) is 0. The molecule has 3 heterocycles. The van der Waals surface area contributed by atoms with Gasteiger partial charge in [-0.05, 0) is 48.0 Å². The Labute approximate surface area is 329 Å². The molecule has 12 aromatic rings. The maximum Gasteiger partial charge on any atom is 0.0789 e. The minimum Gasteiger partial charge on any atom is -0.308 e. The van der Waals surface area contributed by atoms with E-state index in [1.807, 2.05) is 0 Å². The van der Waals surface area contributed by atoms with Crippen molar-refractivity contribution in [1.29, 1.82) is 0 Å². The molecule has 0 fully saturated rings. The fourth-order valence-electron chi connectivity index (χ4n) is 9.51. The third kappa shape index (κ3) is 4.60. The molecule has 12 rings (SSSR count). The van der Waals surface area contributed by atoms with Crippen molar-refractivity contribution in [3.05, 3.63) is 212 Å². The average Bonchev–Trinajstić information content (AvgIpc) is 3.93. The zero-order valence-corrected chi connectivity index (χ0v) is 31.0. The van der Waals surface area contributed by atoms with E-state index in [0.29, 0.717) is 0 Å². The second kappa shape index (κ2) is 12.5. The van der Waals surface area contributed by atoms with Gasteiger partial charge in [0.15, 0.2) is 0 Å². The molecule has 3 aromatic heterocycles. The van der Waals surface area contributed by atoms with Gasteiger partial charge < -0.3 is 13.7 Å². The number of nitrogens with zero attached hydrogens (tertiary/aromatic N) is 3. The molecule has 0 aliphatic heterocycles. The van der Waals surface area contributed by atoms with Crippen LogP contribution in [0.3, 0.4) is 0 Å². The largest absolute Gasteiger partial charge is 0.308 e. The lowest BCUT2D eigenvalue weighted by atomic mass is 9.94. The van der Waals surface area contributed by atoms with Crippen LogP contribution in [0, 0.1) is 0 Å². The molecule has 0 radical (unpaired) electrons. The zero-order chi connectivity index (χ0) is 37.5. The number of rotatable bonds is 5. The number of para-hydroxylation sites is 7. The fraction of sp³-hybridized carbons (Fsp3) is 0. The zero-order valence-electron chi connectivity index (χ0n) is 31.0. The Morgan fingerprint density at radius 1 is 0.246 bits per heavy atom. The van der Waals surface area contributed by atoms with Gasteiger partial charge in [0.1, 0.15) is 0 Å². The molecule has 0 saturated carbocycles. The lowest BCUT2D eigenvalue weighted by molar-refractivity contribution is 1.14. The van der Waals surface area contributed by atoms with Gasteiger partial charge in [0, 0.05) is 54.7 Å². The van der Waals surface area contributed by atoms with Crippen molar-refractivity contribution in [2.75, 3.05) is 0 Å². The van der Waals surface area contributed by atoms with E-state index in [-0.39, 0.29) is 0 Å². The number of benzene rings is 9. The van der Waals surface area contributed by atoms with Crippen molar-refractivity contribution in [1.82, 2.24) is 13.7 Å². The molecule has 0 atom stereocenters. The third-order valence-electron chi connectivity index (χ3n) is 11.8. The van der Waals surface area contributed by atoms with E-state index in [4.69, 9.17) is 0 Å². The highest BCUT2D eigenvalue weighted by molar-refractivity contribution is 6.24. The van der Waals surface area contributed by atoms with E-state index in [1.54, 1.807) is 0 Å². The number of hydrogen-bond donors (Lipinski definition) is 0. The van der Waals surface area contributed by atoms with Crippen LogP contribution in [0.2, 0.25) is 0 Å². The topological polar surface area (TPSA) is 14.8 Å². The Kier molecular flexibility index (Phi) is 6.93. The minimum absolute atomic E-state index is 1.13. The molecule has 0 aliphatic carbocycles. The Balaban J connectivity index is 1.25. The van der Waals surface area contributed by atoms with Gasteiger partial charge in [0.25, 0.3) is 0 Å². The second-order valence-corrected chi connectivity index (χ2v) is 14.9. The number of fused-ring (bicyclic) bond motifs is 10. The summed E-state index contributed by atoms with van der Waals surface area (Å²) in [6.07, 6.45) is 0. The highest BCUT2D eigenvalue weighted by Crippen LogP contribution is 2.46. The molecule has 0 amide bonds. The third-order valence-corrected chi connectivity index (χ3v) is 11.8. The Morgan fingerprint density at radius 3 is 1.28 bits per heavy atom. The smallest absolute Gasteiger partial charge is 0.0789 e. The first-order valence-corrected chi connectivity index (χ1v) is 19.6. The van der Waals surface area contributed by atoms with Gasteiger partial charge >= 0.3 is 0 Å². The molecular formula is C54H35N3. The van der Waals surface area contributed by atoms with Crippen molar-refractivity contribution < 1.29 is 0 Å². The van der Waals surface area contributed by atoms with Crippen molar-refractivity contribution in [2.24, 2.45) is 0 Å². The van der Waals surface area contributed by atoms with Crippen LogP contribution in [0.15, 0.2) is 212 Å². The van der Waals surface area contributed by atoms with E-state index in [1.165, 1.54) is 82.1 Å². The van der Waals surface area contributed by atoms with Gasteiger partial charge in [-0.2, -0.15) is 0 Å². The van der Waals surface area contributed by atoms with E-state index < -0.39 is 0 Å². The standard InChI is InChI=1S/C54H35N3/c1-3-18-36(19-4-1)38-27-17-28-44(52(38)56-48-30-13-7-22-39(48)40-23-8-14-31-49(40)56)41-24-10-15-32-50(41)57-51-33-16-11-26-43(51)46-35-34-45-42-25-9-12-29-47(42)55(53(45)54(46)57)37-20-5-2-6-21-37/h1-35H. The summed E-state index contributed by atoms with van der Waals surface area (Å²) in [6.45, 7) is 0. The van der Waals surface area contributed by atoms with Gasteiger partial charge in [0.2, 0.25) is 0 Å². The quantitative estimate of drug-likeness (QED) is 0.168. The summed E-state index contributed by atoms with van der Waals surface area (Å²) >= 11 is 0. The molecule has 0 saturated heterocycles. The molecule has 0 bridgehead atoms. The van der Waals surface area contributed by atoms with Crippen LogP contribution in [0.1, 0.15) is 0 Å². The highest BCUT2D eigenvalue weighted by atomic mass is 15.0. The van der Waals surface area contributed by atoms with E-state index >= 15 is 0 Å². The van der Waals surface area contributed by atoms with Gasteiger partial charge in [-0.25, -0.2) is 0 Å². The molecule has 0 unspecified atom stereocenters. The summed E-state index contributed by atoms with van der Waals surface area (Å²) < 4.78 is 7.49. The SMILES string of the molecule is c1ccc(-c2cccc(-c3ccccc3-n3c4ccccc4c4ccc5c6ccccc6n(-c6ccccc6)c5c43)c2-n2c3ccccc3c3ccccc32)cc1. The van der Waals surface area contributed by atoms with Crippen LogP contribution in [-0.4, -0.2) is 13.7 Å². The average molecular weight is 726 g/mol. The van der Waals surface area contributed by atoms with Crippen molar-refractivity contribution >= 4 is 65.4 Å². The first-order chi connectivity index (χ1) is 28.3. The Hall–Kier alpha value is -7.62. The van der Waals surface area contributed by atoms with Gasteiger partial charge in [-0.3, -0.25) is 0 Å². The minimum atomic E-state index is 1.13. The van der Waals surface area contributed by atoms with Crippen LogP contribution < -0.4 is 0 Å². The van der Waals surface area contributed by atoms with Crippen molar-refractivity contribution in [3.8, 4) is 39.3 Å².